The van der Waals surface area contributed by atoms with Gasteiger partial charge in [-0.05, 0) is 38.3 Å². The molecule has 0 saturated heterocycles. The van der Waals surface area contributed by atoms with Gasteiger partial charge < -0.3 is 9.88 Å². The molecular formula is C16H26N2O. The molecule has 1 aliphatic rings. The second-order valence-electron chi connectivity index (χ2n) is 5.71. The molecular weight excluding hydrogens is 236 g/mol. The second kappa shape index (κ2) is 6.90. The van der Waals surface area contributed by atoms with Crippen LogP contribution in [-0.2, 0) is 6.54 Å². The van der Waals surface area contributed by atoms with Crippen molar-refractivity contribution in [1.82, 2.24) is 9.88 Å². The van der Waals surface area contributed by atoms with Gasteiger partial charge in [0.15, 0.2) is 0 Å². The minimum Gasteiger partial charge on any atom is -0.314 e. The Kier molecular flexibility index (Phi) is 5.20. The van der Waals surface area contributed by atoms with E-state index in [-0.39, 0.29) is 5.56 Å². The predicted octanol–water partition coefficient (Wildman–Crippen LogP) is 2.72. The Morgan fingerprint density at radius 2 is 2.11 bits per heavy atom. The molecule has 0 radical (unpaired) electrons. The largest absolute Gasteiger partial charge is 0.314 e. The molecule has 0 bridgehead atoms. The molecule has 1 saturated carbocycles. The highest BCUT2D eigenvalue weighted by atomic mass is 16.1. The number of pyridine rings is 1. The van der Waals surface area contributed by atoms with Gasteiger partial charge in [0.05, 0.1) is 0 Å². The van der Waals surface area contributed by atoms with Gasteiger partial charge in [0.25, 0.3) is 5.56 Å². The number of aryl methyl sites for hydroxylation is 1. The molecule has 0 spiro atoms. The summed E-state index contributed by atoms with van der Waals surface area (Å²) in [5, 5.41) is 3.59. The van der Waals surface area contributed by atoms with Gasteiger partial charge >= 0.3 is 0 Å². The summed E-state index contributed by atoms with van der Waals surface area (Å²) >= 11 is 0. The van der Waals surface area contributed by atoms with Crippen LogP contribution in [0.2, 0.25) is 0 Å². The molecule has 0 amide bonds. The molecule has 19 heavy (non-hydrogen) atoms. The lowest BCUT2D eigenvalue weighted by atomic mass is 9.83. The first-order valence-corrected chi connectivity index (χ1v) is 7.61. The Bertz CT molecular complexity index is 446. The van der Waals surface area contributed by atoms with Gasteiger partial charge in [-0.2, -0.15) is 0 Å². The zero-order valence-corrected chi connectivity index (χ0v) is 12.2. The van der Waals surface area contributed by atoms with Gasteiger partial charge in [0.1, 0.15) is 0 Å². The molecule has 1 atom stereocenters. The van der Waals surface area contributed by atoms with E-state index in [0.29, 0.717) is 6.04 Å². The van der Waals surface area contributed by atoms with Crippen LogP contribution in [0.1, 0.15) is 44.6 Å². The smallest absolute Gasteiger partial charge is 0.253 e. The summed E-state index contributed by atoms with van der Waals surface area (Å²) < 4.78 is 1.87. The van der Waals surface area contributed by atoms with Gasteiger partial charge in [0, 0.05) is 24.3 Å². The zero-order chi connectivity index (χ0) is 13.7. The molecule has 1 aromatic heterocycles. The first-order chi connectivity index (χ1) is 9.22. The number of aromatic nitrogens is 1. The minimum atomic E-state index is 0.154. The third kappa shape index (κ3) is 3.69. The fourth-order valence-corrected chi connectivity index (χ4v) is 3.19. The van der Waals surface area contributed by atoms with Crippen LogP contribution in [0.25, 0.3) is 0 Å². The maximum Gasteiger partial charge on any atom is 0.253 e. The first kappa shape index (κ1) is 14.3. The maximum atomic E-state index is 12.1. The molecule has 2 rings (SSSR count). The standard InChI is InChI=1S/C16H26N2O/c1-3-17-15(14-9-5-4-6-10-14)12-18-11-7-8-13(2)16(18)19/h7-8,11,14-15,17H,3-6,9-10,12H2,1-2H3. The number of rotatable bonds is 5. The van der Waals surface area contributed by atoms with Crippen molar-refractivity contribution in [3.05, 3.63) is 34.2 Å². The van der Waals surface area contributed by atoms with E-state index < -0.39 is 0 Å². The van der Waals surface area contributed by atoms with Crippen molar-refractivity contribution in [2.24, 2.45) is 5.92 Å². The predicted molar refractivity (Wildman–Crippen MR) is 79.5 cm³/mol. The molecule has 3 heteroatoms. The summed E-state index contributed by atoms with van der Waals surface area (Å²) in [7, 11) is 0. The fourth-order valence-electron chi connectivity index (χ4n) is 3.19. The van der Waals surface area contributed by atoms with Crippen LogP contribution in [0.3, 0.4) is 0 Å². The lowest BCUT2D eigenvalue weighted by molar-refractivity contribution is 0.249. The number of hydrogen-bond acceptors (Lipinski definition) is 2. The van der Waals surface area contributed by atoms with Crippen molar-refractivity contribution in [2.75, 3.05) is 6.54 Å². The SMILES string of the molecule is CCNC(Cn1cccc(C)c1=O)C1CCCCC1. The Hall–Kier alpha value is -1.09. The van der Waals surface area contributed by atoms with E-state index in [1.165, 1.54) is 32.1 Å². The van der Waals surface area contributed by atoms with Gasteiger partial charge in [-0.1, -0.05) is 32.3 Å². The minimum absolute atomic E-state index is 0.154. The van der Waals surface area contributed by atoms with E-state index in [1.807, 2.05) is 29.8 Å². The molecule has 1 fully saturated rings. The van der Waals surface area contributed by atoms with Crippen molar-refractivity contribution < 1.29 is 0 Å². The van der Waals surface area contributed by atoms with Crippen LogP contribution in [0, 0.1) is 12.8 Å². The molecule has 1 N–H and O–H groups in total. The summed E-state index contributed by atoms with van der Waals surface area (Å²) in [5.41, 5.74) is 0.989. The molecule has 0 aromatic carbocycles. The Morgan fingerprint density at radius 3 is 2.79 bits per heavy atom. The Morgan fingerprint density at radius 1 is 1.37 bits per heavy atom. The zero-order valence-electron chi connectivity index (χ0n) is 12.2. The topological polar surface area (TPSA) is 34.0 Å². The second-order valence-corrected chi connectivity index (χ2v) is 5.71. The Labute approximate surface area is 116 Å². The summed E-state index contributed by atoms with van der Waals surface area (Å²) in [6.07, 6.45) is 8.59. The van der Waals surface area contributed by atoms with Crippen LogP contribution >= 0.6 is 0 Å². The van der Waals surface area contributed by atoms with Crippen molar-refractivity contribution in [3.8, 4) is 0 Å². The summed E-state index contributed by atoms with van der Waals surface area (Å²) in [5.74, 6) is 0.723. The average molecular weight is 262 g/mol. The third-order valence-corrected chi connectivity index (χ3v) is 4.29. The molecule has 106 valence electrons. The lowest BCUT2D eigenvalue weighted by Crippen LogP contribution is -2.42. The van der Waals surface area contributed by atoms with Gasteiger partial charge in [0.2, 0.25) is 0 Å². The van der Waals surface area contributed by atoms with Crippen LogP contribution in [-0.4, -0.2) is 17.2 Å². The number of hydrogen-bond donors (Lipinski definition) is 1. The van der Waals surface area contributed by atoms with E-state index in [9.17, 15) is 4.79 Å². The molecule has 0 aliphatic heterocycles. The lowest BCUT2D eigenvalue weighted by Gasteiger charge is -2.31. The number of likely N-dealkylation sites (N-methyl/N-ethyl adjacent to an activating group) is 1. The normalized spacial score (nSPS) is 18.4. The molecule has 1 aromatic rings. The van der Waals surface area contributed by atoms with E-state index in [2.05, 4.69) is 12.2 Å². The quantitative estimate of drug-likeness (QED) is 0.885. The van der Waals surface area contributed by atoms with Crippen LogP contribution in [0.15, 0.2) is 23.1 Å². The maximum absolute atomic E-state index is 12.1. The average Bonchev–Trinajstić information content (AvgIpc) is 2.44. The summed E-state index contributed by atoms with van der Waals surface area (Å²) in [6, 6.07) is 4.30. The van der Waals surface area contributed by atoms with Crippen LogP contribution in [0.5, 0.6) is 0 Å². The van der Waals surface area contributed by atoms with Gasteiger partial charge in [-0.3, -0.25) is 4.79 Å². The first-order valence-electron chi connectivity index (χ1n) is 7.61. The highest BCUT2D eigenvalue weighted by molar-refractivity contribution is 5.07. The van der Waals surface area contributed by atoms with Gasteiger partial charge in [-0.25, -0.2) is 0 Å². The fraction of sp³-hybridized carbons (Fsp3) is 0.688. The van der Waals surface area contributed by atoms with E-state index in [1.54, 1.807) is 0 Å². The number of nitrogens with zero attached hydrogens (tertiary/aromatic N) is 1. The highest BCUT2D eigenvalue weighted by Gasteiger charge is 2.23. The van der Waals surface area contributed by atoms with E-state index in [0.717, 1.165) is 24.6 Å². The molecule has 1 aliphatic carbocycles. The van der Waals surface area contributed by atoms with E-state index >= 15 is 0 Å². The van der Waals surface area contributed by atoms with Crippen molar-refractivity contribution in [3.63, 3.8) is 0 Å². The molecule has 3 nitrogen and oxygen atoms in total. The van der Waals surface area contributed by atoms with Crippen LogP contribution in [0.4, 0.5) is 0 Å². The highest BCUT2D eigenvalue weighted by Crippen LogP contribution is 2.27. The van der Waals surface area contributed by atoms with Gasteiger partial charge in [-0.15, -0.1) is 0 Å². The molecule has 1 heterocycles. The van der Waals surface area contributed by atoms with Crippen molar-refractivity contribution in [1.29, 1.82) is 0 Å². The monoisotopic (exact) mass is 262 g/mol. The van der Waals surface area contributed by atoms with Crippen molar-refractivity contribution in [2.45, 2.75) is 58.5 Å². The molecule has 1 unspecified atom stereocenters. The summed E-state index contributed by atoms with van der Waals surface area (Å²) in [6.45, 7) is 5.82. The number of nitrogens with one attached hydrogen (secondary N) is 1. The van der Waals surface area contributed by atoms with E-state index in [4.69, 9.17) is 0 Å². The van der Waals surface area contributed by atoms with Crippen molar-refractivity contribution >= 4 is 0 Å². The van der Waals surface area contributed by atoms with Crippen LogP contribution < -0.4 is 10.9 Å². The summed E-state index contributed by atoms with van der Waals surface area (Å²) in [4.78, 5) is 12.1. The third-order valence-electron chi connectivity index (χ3n) is 4.29. The Balaban J connectivity index is 2.11.